The molecule has 2 aliphatic rings. The van der Waals surface area contributed by atoms with E-state index < -0.39 is 0 Å². The molecular weight excluding hydrogens is 378 g/mol. The predicted octanol–water partition coefficient (Wildman–Crippen LogP) is 4.64. The largest absolute Gasteiger partial charge is 0.467 e. The van der Waals surface area contributed by atoms with E-state index in [1.165, 1.54) is 5.69 Å². The molecule has 2 aliphatic heterocycles. The molecule has 5 rings (SSSR count). The van der Waals surface area contributed by atoms with Crippen molar-refractivity contribution in [2.24, 2.45) is 0 Å². The molecule has 4 heterocycles. The molecule has 0 radical (unpaired) electrons. The summed E-state index contributed by atoms with van der Waals surface area (Å²) in [6.07, 6.45) is 3.88. The number of para-hydroxylation sites is 1. The number of rotatable bonds is 5. The Morgan fingerprint density at radius 3 is 2.80 bits per heavy atom. The highest BCUT2D eigenvalue weighted by Gasteiger charge is 2.35. The van der Waals surface area contributed by atoms with Crippen LogP contribution >= 0.6 is 0 Å². The molecule has 1 amide bonds. The van der Waals surface area contributed by atoms with E-state index >= 15 is 0 Å². The van der Waals surface area contributed by atoms with Gasteiger partial charge in [-0.25, -0.2) is 0 Å². The third-order valence-corrected chi connectivity index (χ3v) is 6.25. The van der Waals surface area contributed by atoms with Gasteiger partial charge in [-0.15, -0.1) is 0 Å². The topological polar surface area (TPSA) is 59.6 Å². The zero-order valence-electron chi connectivity index (χ0n) is 17.4. The monoisotopic (exact) mass is 405 g/mol. The molecule has 1 N–H and O–H groups in total. The number of nitrogens with zero attached hydrogens (tertiary/aromatic N) is 2. The second kappa shape index (κ2) is 7.69. The van der Waals surface area contributed by atoms with E-state index in [-0.39, 0.29) is 18.2 Å². The smallest absolute Gasteiger partial charge is 0.258 e. The third kappa shape index (κ3) is 3.31. The summed E-state index contributed by atoms with van der Waals surface area (Å²) in [7, 11) is 0. The summed E-state index contributed by atoms with van der Waals surface area (Å²) in [6, 6.07) is 13.7. The summed E-state index contributed by atoms with van der Waals surface area (Å²) in [5, 5.41) is 3.60. The molecule has 2 atom stereocenters. The number of hydrogen-bond donors (Lipinski definition) is 1. The number of carbonyl (C=O) groups excluding carboxylic acids is 1. The highest BCUT2D eigenvalue weighted by atomic mass is 16.5. The maximum atomic E-state index is 13.4. The first-order chi connectivity index (χ1) is 14.6. The van der Waals surface area contributed by atoms with Crippen molar-refractivity contribution in [1.29, 1.82) is 0 Å². The van der Waals surface area contributed by atoms with Crippen LogP contribution in [0.4, 0.5) is 5.69 Å². The van der Waals surface area contributed by atoms with Gasteiger partial charge < -0.3 is 23.9 Å². The first kappa shape index (κ1) is 19.0. The van der Waals surface area contributed by atoms with Crippen molar-refractivity contribution in [2.45, 2.75) is 52.0 Å². The molecule has 6 nitrogen and oxygen atoms in total. The summed E-state index contributed by atoms with van der Waals surface area (Å²) in [5.41, 5.74) is 5.02. The number of carbonyl (C=O) groups is 1. The molecule has 1 saturated heterocycles. The van der Waals surface area contributed by atoms with Crippen molar-refractivity contribution in [1.82, 2.24) is 9.47 Å². The van der Waals surface area contributed by atoms with Crippen LogP contribution in [-0.2, 0) is 17.8 Å². The van der Waals surface area contributed by atoms with Crippen molar-refractivity contribution < 1.29 is 13.9 Å². The minimum absolute atomic E-state index is 0.00896. The maximum absolute atomic E-state index is 13.4. The quantitative estimate of drug-likeness (QED) is 0.672. The van der Waals surface area contributed by atoms with Gasteiger partial charge in [0.15, 0.2) is 0 Å². The Morgan fingerprint density at radius 2 is 2.03 bits per heavy atom. The number of anilines is 1. The van der Waals surface area contributed by atoms with Crippen molar-refractivity contribution in [2.75, 3.05) is 11.9 Å². The second-order valence-electron chi connectivity index (χ2n) is 8.18. The van der Waals surface area contributed by atoms with Gasteiger partial charge in [0.05, 0.1) is 24.5 Å². The van der Waals surface area contributed by atoms with Gasteiger partial charge in [-0.1, -0.05) is 12.1 Å². The fourth-order valence-corrected chi connectivity index (χ4v) is 4.65. The molecule has 30 heavy (non-hydrogen) atoms. The number of furan rings is 1. The summed E-state index contributed by atoms with van der Waals surface area (Å²) < 4.78 is 13.7. The molecule has 3 aromatic rings. The Labute approximate surface area is 176 Å². The van der Waals surface area contributed by atoms with Crippen LogP contribution < -0.4 is 5.32 Å². The predicted molar refractivity (Wildman–Crippen MR) is 114 cm³/mol. The van der Waals surface area contributed by atoms with Crippen molar-refractivity contribution in [3.8, 4) is 0 Å². The lowest BCUT2D eigenvalue weighted by Gasteiger charge is -2.37. The van der Waals surface area contributed by atoms with Crippen LogP contribution in [0.2, 0.25) is 0 Å². The average molecular weight is 405 g/mol. The van der Waals surface area contributed by atoms with E-state index in [0.29, 0.717) is 12.1 Å². The lowest BCUT2D eigenvalue weighted by molar-refractivity contribution is 0.0650. The zero-order chi connectivity index (χ0) is 20.7. The molecule has 6 heteroatoms. The number of aryl methyl sites for hydroxylation is 1. The van der Waals surface area contributed by atoms with Crippen LogP contribution in [0.25, 0.3) is 0 Å². The summed E-state index contributed by atoms with van der Waals surface area (Å²) >= 11 is 0. The average Bonchev–Trinajstić information content (AvgIpc) is 3.50. The molecule has 156 valence electrons. The Morgan fingerprint density at radius 1 is 1.17 bits per heavy atom. The molecule has 0 aliphatic carbocycles. The normalized spacial score (nSPS) is 21.0. The Kier molecular flexibility index (Phi) is 4.87. The van der Waals surface area contributed by atoms with Gasteiger partial charge in [-0.05, 0) is 57.0 Å². The minimum atomic E-state index is -0.262. The van der Waals surface area contributed by atoms with Gasteiger partial charge in [-0.3, -0.25) is 4.79 Å². The zero-order valence-corrected chi connectivity index (χ0v) is 17.4. The Hall–Kier alpha value is -2.99. The number of benzene rings is 1. The van der Waals surface area contributed by atoms with E-state index in [1.54, 1.807) is 6.26 Å². The van der Waals surface area contributed by atoms with Crippen molar-refractivity contribution in [3.05, 3.63) is 77.0 Å². The van der Waals surface area contributed by atoms with Gasteiger partial charge in [0, 0.05) is 35.8 Å². The number of aromatic nitrogens is 1. The third-order valence-electron chi connectivity index (χ3n) is 6.25. The SMILES string of the molecule is Cc1cc([C@H]2Nc3ccccc3C(=O)N2Cc2ccco2)c(C)n1C[C@H]1CCCO1. The molecule has 0 bridgehead atoms. The van der Waals surface area contributed by atoms with Gasteiger partial charge in [0.2, 0.25) is 0 Å². The van der Waals surface area contributed by atoms with Crippen LogP contribution in [0.3, 0.4) is 0 Å². The standard InChI is InChI=1S/C24H27N3O3/c1-16-13-21(17(2)26(16)14-18-7-5-11-29-18)23-25-22-10-4-3-9-20(22)24(28)27(23)15-19-8-6-12-30-19/h3-4,6,8-10,12-13,18,23,25H,5,7,11,14-15H2,1-2H3/t18-,23+/m1/s1. The molecule has 0 unspecified atom stereocenters. The summed E-state index contributed by atoms with van der Waals surface area (Å²) in [6.45, 7) is 6.37. The van der Waals surface area contributed by atoms with Crippen LogP contribution in [0.15, 0.2) is 53.1 Å². The van der Waals surface area contributed by atoms with E-state index in [9.17, 15) is 4.79 Å². The minimum Gasteiger partial charge on any atom is -0.467 e. The van der Waals surface area contributed by atoms with E-state index in [1.807, 2.05) is 41.3 Å². The van der Waals surface area contributed by atoms with E-state index in [0.717, 1.165) is 48.7 Å². The number of nitrogens with one attached hydrogen (secondary N) is 1. The highest BCUT2D eigenvalue weighted by Crippen LogP contribution is 2.36. The Balaban J connectivity index is 1.53. The molecule has 0 saturated carbocycles. The maximum Gasteiger partial charge on any atom is 0.258 e. The Bertz CT molecular complexity index is 1050. The van der Waals surface area contributed by atoms with Crippen LogP contribution in [0.1, 0.15) is 52.1 Å². The van der Waals surface area contributed by atoms with Gasteiger partial charge in [0.25, 0.3) is 5.91 Å². The van der Waals surface area contributed by atoms with E-state index in [2.05, 4.69) is 29.8 Å². The first-order valence-corrected chi connectivity index (χ1v) is 10.6. The molecule has 0 spiro atoms. The summed E-state index contributed by atoms with van der Waals surface area (Å²) in [5.74, 6) is 0.775. The van der Waals surface area contributed by atoms with E-state index in [4.69, 9.17) is 9.15 Å². The lowest BCUT2D eigenvalue weighted by atomic mass is 10.0. The first-order valence-electron chi connectivity index (χ1n) is 10.6. The second-order valence-corrected chi connectivity index (χ2v) is 8.18. The molecule has 2 aromatic heterocycles. The summed E-state index contributed by atoms with van der Waals surface area (Å²) in [4.78, 5) is 15.3. The fourth-order valence-electron chi connectivity index (χ4n) is 4.65. The number of ether oxygens (including phenoxy) is 1. The number of amides is 1. The molecule has 1 fully saturated rings. The van der Waals surface area contributed by atoms with Crippen LogP contribution in [-0.4, -0.2) is 28.1 Å². The molecular formula is C24H27N3O3. The van der Waals surface area contributed by atoms with Crippen molar-refractivity contribution in [3.63, 3.8) is 0 Å². The number of hydrogen-bond acceptors (Lipinski definition) is 4. The van der Waals surface area contributed by atoms with Gasteiger partial charge in [-0.2, -0.15) is 0 Å². The van der Waals surface area contributed by atoms with Crippen LogP contribution in [0, 0.1) is 13.8 Å². The highest BCUT2D eigenvalue weighted by molar-refractivity contribution is 6.01. The fraction of sp³-hybridized carbons (Fsp3) is 0.375. The van der Waals surface area contributed by atoms with Gasteiger partial charge in [0.1, 0.15) is 11.9 Å². The lowest BCUT2D eigenvalue weighted by Crippen LogP contribution is -2.42. The number of fused-ring (bicyclic) bond motifs is 1. The van der Waals surface area contributed by atoms with Crippen molar-refractivity contribution >= 4 is 11.6 Å². The van der Waals surface area contributed by atoms with Gasteiger partial charge >= 0.3 is 0 Å². The van der Waals surface area contributed by atoms with Crippen LogP contribution in [0.5, 0.6) is 0 Å². The molecule has 1 aromatic carbocycles.